The molecule has 0 aromatic heterocycles. The molecule has 0 saturated heterocycles. The molecule has 0 fully saturated rings. The monoisotopic (exact) mass is 370 g/mol. The first-order valence-electron chi connectivity index (χ1n) is 8.75. The van der Waals surface area contributed by atoms with Gasteiger partial charge in [0.2, 0.25) is 11.8 Å². The minimum atomic E-state index is -0.00818. The lowest BCUT2D eigenvalue weighted by Crippen LogP contribution is -2.15. The average molecular weight is 371 g/mol. The van der Waals surface area contributed by atoms with E-state index in [4.69, 9.17) is 0 Å². The highest BCUT2D eigenvalue weighted by Gasteiger charge is 2.06. The van der Waals surface area contributed by atoms with E-state index in [1.807, 2.05) is 57.2 Å². The van der Waals surface area contributed by atoms with Crippen LogP contribution in [-0.4, -0.2) is 23.3 Å². The fourth-order valence-electron chi connectivity index (χ4n) is 2.59. The number of nitrogens with one attached hydrogen (secondary N) is 2. The summed E-state index contributed by atoms with van der Waals surface area (Å²) in [7, 11) is 0. The summed E-state index contributed by atoms with van der Waals surface area (Å²) in [6.45, 7) is 6.02. The van der Waals surface area contributed by atoms with Crippen molar-refractivity contribution < 1.29 is 9.59 Å². The minimum Gasteiger partial charge on any atom is -0.326 e. The van der Waals surface area contributed by atoms with Gasteiger partial charge in [-0.3, -0.25) is 9.59 Å². The van der Waals surface area contributed by atoms with E-state index in [1.165, 1.54) is 5.56 Å². The van der Waals surface area contributed by atoms with Crippen LogP contribution in [0.4, 0.5) is 11.4 Å². The third-order valence-electron chi connectivity index (χ3n) is 3.88. The maximum absolute atomic E-state index is 12.0. The Morgan fingerprint density at radius 3 is 2.42 bits per heavy atom. The van der Waals surface area contributed by atoms with Gasteiger partial charge in [0.15, 0.2) is 0 Å². The first-order valence-corrected chi connectivity index (χ1v) is 9.91. The van der Waals surface area contributed by atoms with Crippen molar-refractivity contribution in [2.75, 3.05) is 22.1 Å². The van der Waals surface area contributed by atoms with Crippen LogP contribution in [0, 0.1) is 20.8 Å². The number of rotatable bonds is 8. The molecule has 0 spiro atoms. The molecule has 0 heterocycles. The van der Waals surface area contributed by atoms with Gasteiger partial charge in [-0.25, -0.2) is 0 Å². The molecule has 0 radical (unpaired) electrons. The number of carbonyl (C=O) groups is 2. The van der Waals surface area contributed by atoms with Crippen LogP contribution in [0.2, 0.25) is 0 Å². The van der Waals surface area contributed by atoms with Gasteiger partial charge >= 0.3 is 0 Å². The van der Waals surface area contributed by atoms with Gasteiger partial charge in [-0.1, -0.05) is 29.8 Å². The number of benzene rings is 2. The first kappa shape index (κ1) is 20.0. The van der Waals surface area contributed by atoms with Crippen LogP contribution in [0.25, 0.3) is 0 Å². The van der Waals surface area contributed by atoms with E-state index in [-0.39, 0.29) is 11.8 Å². The van der Waals surface area contributed by atoms with E-state index in [2.05, 4.69) is 16.7 Å². The standard InChI is InChI=1S/C21H26N2O2S/c1-15-6-4-7-18(13-15)22-20(24)8-5-11-26-14-21(25)23-19-10-9-16(2)12-17(19)3/h4,6-7,9-10,12-13H,5,8,11,14H2,1-3H3,(H,22,24)(H,23,25). The lowest BCUT2D eigenvalue weighted by Gasteiger charge is -2.09. The second kappa shape index (κ2) is 10.0. The number of anilines is 2. The average Bonchev–Trinajstić information content (AvgIpc) is 2.57. The molecule has 2 aromatic rings. The fraction of sp³-hybridized carbons (Fsp3) is 0.333. The molecule has 26 heavy (non-hydrogen) atoms. The number of amides is 2. The van der Waals surface area contributed by atoms with Gasteiger partial charge in [0.1, 0.15) is 0 Å². The van der Waals surface area contributed by atoms with Crippen molar-refractivity contribution in [3.05, 3.63) is 59.2 Å². The summed E-state index contributed by atoms with van der Waals surface area (Å²) < 4.78 is 0. The van der Waals surface area contributed by atoms with Crippen molar-refractivity contribution >= 4 is 35.0 Å². The summed E-state index contributed by atoms with van der Waals surface area (Å²) in [4.78, 5) is 23.9. The summed E-state index contributed by atoms with van der Waals surface area (Å²) in [5, 5.41) is 5.83. The Balaban J connectivity index is 1.62. The summed E-state index contributed by atoms with van der Waals surface area (Å²) in [6, 6.07) is 13.7. The highest BCUT2D eigenvalue weighted by atomic mass is 32.2. The molecule has 4 nitrogen and oxygen atoms in total. The number of aryl methyl sites for hydroxylation is 3. The predicted octanol–water partition coefficient (Wildman–Crippen LogP) is 4.70. The molecule has 138 valence electrons. The Morgan fingerprint density at radius 2 is 1.69 bits per heavy atom. The zero-order valence-electron chi connectivity index (χ0n) is 15.6. The van der Waals surface area contributed by atoms with Gasteiger partial charge in [0, 0.05) is 17.8 Å². The molecular formula is C21H26N2O2S. The molecule has 0 aliphatic carbocycles. The quantitative estimate of drug-likeness (QED) is 0.662. The molecule has 0 atom stereocenters. The maximum Gasteiger partial charge on any atom is 0.234 e. The van der Waals surface area contributed by atoms with Crippen molar-refractivity contribution in [3.8, 4) is 0 Å². The van der Waals surface area contributed by atoms with Gasteiger partial charge in [0.05, 0.1) is 5.75 Å². The summed E-state index contributed by atoms with van der Waals surface area (Å²) in [5.74, 6) is 1.18. The van der Waals surface area contributed by atoms with E-state index in [1.54, 1.807) is 11.8 Å². The van der Waals surface area contributed by atoms with Crippen LogP contribution in [0.1, 0.15) is 29.5 Å². The zero-order valence-corrected chi connectivity index (χ0v) is 16.4. The van der Waals surface area contributed by atoms with Crippen LogP contribution in [0.3, 0.4) is 0 Å². The number of hydrogen-bond donors (Lipinski definition) is 2. The molecule has 5 heteroatoms. The molecule has 2 aromatic carbocycles. The van der Waals surface area contributed by atoms with Crippen LogP contribution >= 0.6 is 11.8 Å². The number of hydrogen-bond acceptors (Lipinski definition) is 3. The predicted molar refractivity (Wildman–Crippen MR) is 111 cm³/mol. The van der Waals surface area contributed by atoms with Crippen molar-refractivity contribution in [3.63, 3.8) is 0 Å². The van der Waals surface area contributed by atoms with Crippen molar-refractivity contribution in [1.29, 1.82) is 0 Å². The molecular weight excluding hydrogens is 344 g/mol. The first-order chi connectivity index (χ1) is 12.4. The Bertz CT molecular complexity index is 774. The van der Waals surface area contributed by atoms with Gasteiger partial charge in [-0.05, 0) is 62.3 Å². The molecule has 0 unspecified atom stereocenters. The number of thioether (sulfide) groups is 1. The van der Waals surface area contributed by atoms with Gasteiger partial charge < -0.3 is 10.6 Å². The van der Waals surface area contributed by atoms with Crippen molar-refractivity contribution in [2.24, 2.45) is 0 Å². The normalized spacial score (nSPS) is 10.4. The highest BCUT2D eigenvalue weighted by Crippen LogP contribution is 2.17. The molecule has 2 amide bonds. The highest BCUT2D eigenvalue weighted by molar-refractivity contribution is 7.99. The lowest BCUT2D eigenvalue weighted by molar-refractivity contribution is -0.116. The smallest absolute Gasteiger partial charge is 0.234 e. The maximum atomic E-state index is 12.0. The van der Waals surface area contributed by atoms with Crippen molar-refractivity contribution in [1.82, 2.24) is 0 Å². The molecule has 0 aliphatic heterocycles. The third kappa shape index (κ3) is 6.92. The minimum absolute atomic E-state index is 0.00818. The van der Waals surface area contributed by atoms with Gasteiger partial charge in [-0.15, -0.1) is 0 Å². The van der Waals surface area contributed by atoms with Crippen LogP contribution < -0.4 is 10.6 Å². The molecule has 2 N–H and O–H groups in total. The SMILES string of the molecule is Cc1cccc(NC(=O)CCCSCC(=O)Nc2ccc(C)cc2C)c1. The van der Waals surface area contributed by atoms with E-state index in [9.17, 15) is 9.59 Å². The zero-order chi connectivity index (χ0) is 18.9. The van der Waals surface area contributed by atoms with Crippen LogP contribution in [0.15, 0.2) is 42.5 Å². The molecule has 0 aliphatic rings. The molecule has 2 rings (SSSR count). The summed E-state index contributed by atoms with van der Waals surface area (Å²) in [5.41, 5.74) is 5.05. The molecule has 0 bridgehead atoms. The Morgan fingerprint density at radius 1 is 0.923 bits per heavy atom. The summed E-state index contributed by atoms with van der Waals surface area (Å²) >= 11 is 1.55. The Labute approximate surface area is 159 Å². The van der Waals surface area contributed by atoms with E-state index < -0.39 is 0 Å². The second-order valence-corrected chi connectivity index (χ2v) is 7.55. The summed E-state index contributed by atoms with van der Waals surface area (Å²) in [6.07, 6.45) is 1.21. The Hall–Kier alpha value is -2.27. The van der Waals surface area contributed by atoms with Crippen molar-refractivity contribution in [2.45, 2.75) is 33.6 Å². The molecule has 0 saturated carbocycles. The lowest BCUT2D eigenvalue weighted by atomic mass is 10.1. The second-order valence-electron chi connectivity index (χ2n) is 6.44. The Kier molecular flexibility index (Phi) is 7.73. The fourth-order valence-corrected chi connectivity index (χ4v) is 3.34. The number of carbonyl (C=O) groups excluding carboxylic acids is 2. The van der Waals surface area contributed by atoms with E-state index in [0.717, 1.165) is 34.7 Å². The van der Waals surface area contributed by atoms with E-state index >= 15 is 0 Å². The van der Waals surface area contributed by atoms with Gasteiger partial charge in [0.25, 0.3) is 0 Å². The topological polar surface area (TPSA) is 58.2 Å². The van der Waals surface area contributed by atoms with Crippen LogP contribution in [0.5, 0.6) is 0 Å². The van der Waals surface area contributed by atoms with Gasteiger partial charge in [-0.2, -0.15) is 11.8 Å². The van der Waals surface area contributed by atoms with E-state index in [0.29, 0.717) is 12.2 Å². The van der Waals surface area contributed by atoms with Crippen LogP contribution in [-0.2, 0) is 9.59 Å². The third-order valence-corrected chi connectivity index (χ3v) is 4.93. The largest absolute Gasteiger partial charge is 0.326 e.